The number of halogens is 26. The van der Waals surface area contributed by atoms with Gasteiger partial charge in [0.05, 0.1) is 0 Å². The van der Waals surface area contributed by atoms with E-state index in [4.69, 9.17) is 0 Å². The molecule has 2 nitrogen and oxygen atoms in total. The maximum absolute atomic E-state index is 14.0. The molecule has 0 saturated carbocycles. The molecule has 3 unspecified atom stereocenters. The molecule has 0 amide bonds. The summed E-state index contributed by atoms with van der Waals surface area (Å²) in [5, 5.41) is -7.96. The standard InChI is InChI=1S/C12F26N2/c13-1(14,5(21,22)9(29,30)31)3(17,18)7(25,26)11(35,36)39-12(37,40(39)38)8(27,28)4(19,20)2(15,16)6(23,24)10(32,33)34. The van der Waals surface area contributed by atoms with Gasteiger partial charge < -0.3 is 0 Å². The van der Waals surface area contributed by atoms with Crippen LogP contribution >= 0.6 is 0 Å². The average molecular weight is 666 g/mol. The fourth-order valence-corrected chi connectivity index (χ4v) is 2.39. The van der Waals surface area contributed by atoms with E-state index in [0.717, 1.165) is 0 Å². The van der Waals surface area contributed by atoms with Crippen molar-refractivity contribution < 1.29 is 114 Å². The monoisotopic (exact) mass is 666 g/mol. The van der Waals surface area contributed by atoms with E-state index in [1.807, 2.05) is 0 Å². The van der Waals surface area contributed by atoms with Gasteiger partial charge in [0, 0.05) is 0 Å². The van der Waals surface area contributed by atoms with Crippen LogP contribution in [0.1, 0.15) is 0 Å². The van der Waals surface area contributed by atoms with Gasteiger partial charge in [0.15, 0.2) is 0 Å². The minimum atomic E-state index is -9.03. The Hall–Kier alpha value is -1.90. The predicted octanol–water partition coefficient (Wildman–Crippen LogP) is 7.83. The Morgan fingerprint density at radius 2 is 0.600 bits per heavy atom. The molecule has 1 aliphatic rings. The molecular weight excluding hydrogens is 666 g/mol. The van der Waals surface area contributed by atoms with Gasteiger partial charge in [-0.3, -0.25) is 0 Å². The molecule has 0 spiro atoms. The van der Waals surface area contributed by atoms with E-state index in [1.54, 1.807) is 0 Å². The summed E-state index contributed by atoms with van der Waals surface area (Å²) in [7, 11) is 0. The Kier molecular flexibility index (Phi) is 7.54. The number of rotatable bonds is 9. The highest BCUT2D eigenvalue weighted by Crippen LogP contribution is 2.69. The van der Waals surface area contributed by atoms with Crippen molar-refractivity contribution >= 4 is 0 Å². The van der Waals surface area contributed by atoms with Crippen LogP contribution in [0.5, 0.6) is 0 Å². The van der Waals surface area contributed by atoms with E-state index in [1.165, 1.54) is 0 Å². The zero-order chi connectivity index (χ0) is 33.2. The second kappa shape index (κ2) is 8.35. The van der Waals surface area contributed by atoms with Crippen LogP contribution in [0.15, 0.2) is 0 Å². The maximum Gasteiger partial charge on any atom is 0.460 e. The number of alkyl halides is 25. The van der Waals surface area contributed by atoms with E-state index in [-0.39, 0.29) is 0 Å². The van der Waals surface area contributed by atoms with Crippen LogP contribution in [0.2, 0.25) is 0 Å². The lowest BCUT2D eigenvalue weighted by atomic mass is 9.95. The van der Waals surface area contributed by atoms with Gasteiger partial charge in [0.25, 0.3) is 0 Å². The first-order valence-electron chi connectivity index (χ1n) is 8.26. The van der Waals surface area contributed by atoms with Crippen LogP contribution in [0, 0.1) is 0 Å². The van der Waals surface area contributed by atoms with Gasteiger partial charge in [-0.2, -0.15) is 110 Å². The van der Waals surface area contributed by atoms with Crippen molar-refractivity contribution in [3.8, 4) is 0 Å². The summed E-state index contributed by atoms with van der Waals surface area (Å²) in [5.74, 6) is -77.9. The fraction of sp³-hybridized carbons (Fsp3) is 1.00. The lowest BCUT2D eigenvalue weighted by Gasteiger charge is -2.40. The predicted molar refractivity (Wildman–Crippen MR) is 65.3 cm³/mol. The van der Waals surface area contributed by atoms with Gasteiger partial charge in [-0.25, -0.2) is 0 Å². The summed E-state index contributed by atoms with van der Waals surface area (Å²) in [5.41, 5.74) is 0. The highest BCUT2D eigenvalue weighted by molar-refractivity contribution is 5.18. The molecule has 40 heavy (non-hydrogen) atoms. The van der Waals surface area contributed by atoms with Crippen LogP contribution in [-0.4, -0.2) is 81.9 Å². The number of hydrazine groups is 1. The van der Waals surface area contributed by atoms with Crippen molar-refractivity contribution in [1.82, 2.24) is 10.2 Å². The minimum absolute atomic E-state index is 3.88. The molecular formula is C12F26N2. The Labute approximate surface area is 197 Å². The first-order chi connectivity index (χ1) is 16.8. The lowest BCUT2D eigenvalue weighted by Crippen LogP contribution is -2.72. The van der Waals surface area contributed by atoms with Gasteiger partial charge in [-0.1, -0.05) is 5.01 Å². The van der Waals surface area contributed by atoms with Crippen molar-refractivity contribution in [2.45, 2.75) is 71.7 Å². The average Bonchev–Trinajstić information content (AvgIpc) is 3.28. The SMILES string of the molecule is FN1N(C(F)(F)C(F)(F)C(F)(F)C(F)(F)C(F)(F)C(F)(F)F)C1(F)C(F)(F)C(F)(F)C(F)(F)C(F)(F)C(F)(F)F. The van der Waals surface area contributed by atoms with Gasteiger partial charge in [-0.05, 0) is 5.23 Å². The smallest absolute Gasteiger partial charge is 0.195 e. The fourth-order valence-electron chi connectivity index (χ4n) is 2.39. The minimum Gasteiger partial charge on any atom is -0.195 e. The highest BCUT2D eigenvalue weighted by atomic mass is 19.4. The summed E-state index contributed by atoms with van der Waals surface area (Å²) >= 11 is 0. The lowest BCUT2D eigenvalue weighted by molar-refractivity contribution is -0.453. The molecule has 1 heterocycles. The van der Waals surface area contributed by atoms with E-state index in [2.05, 4.69) is 0 Å². The number of hydrogen-bond acceptors (Lipinski definition) is 2. The van der Waals surface area contributed by atoms with Gasteiger partial charge in [-0.15, -0.1) is 4.48 Å². The highest BCUT2D eigenvalue weighted by Gasteiger charge is 3.02. The summed E-state index contributed by atoms with van der Waals surface area (Å²) < 4.78 is 338. The first-order valence-corrected chi connectivity index (χ1v) is 8.26. The van der Waals surface area contributed by atoms with E-state index >= 15 is 0 Å². The van der Waals surface area contributed by atoms with E-state index in [9.17, 15) is 114 Å². The molecule has 28 heteroatoms. The van der Waals surface area contributed by atoms with Crippen LogP contribution < -0.4 is 0 Å². The molecule has 0 radical (unpaired) electrons. The van der Waals surface area contributed by atoms with E-state index in [0.29, 0.717) is 0 Å². The second-order valence-electron chi connectivity index (χ2n) is 7.29. The quantitative estimate of drug-likeness (QED) is 0.107. The maximum atomic E-state index is 14.0. The Morgan fingerprint density at radius 3 is 0.875 bits per heavy atom. The van der Waals surface area contributed by atoms with Crippen molar-refractivity contribution in [2.75, 3.05) is 0 Å². The molecule has 1 saturated heterocycles. The summed E-state index contributed by atoms with van der Waals surface area (Å²) in [4.78, 5) is 0. The molecule has 0 aromatic carbocycles. The molecule has 1 fully saturated rings. The van der Waals surface area contributed by atoms with Crippen molar-refractivity contribution in [3.05, 3.63) is 0 Å². The van der Waals surface area contributed by atoms with Crippen LogP contribution in [0.25, 0.3) is 0 Å². The molecule has 0 aromatic rings. The zero-order valence-corrected chi connectivity index (χ0v) is 16.7. The summed E-state index contributed by atoms with van der Waals surface area (Å²) in [6.07, 6.45) is -16.1. The third-order valence-corrected chi connectivity index (χ3v) is 4.78. The first kappa shape index (κ1) is 36.1. The molecule has 3 atom stereocenters. The van der Waals surface area contributed by atoms with Gasteiger partial charge in [0.1, 0.15) is 0 Å². The molecule has 1 aliphatic heterocycles. The largest absolute Gasteiger partial charge is 0.460 e. The number of hydrogen-bond donors (Lipinski definition) is 0. The second-order valence-corrected chi connectivity index (χ2v) is 7.29. The van der Waals surface area contributed by atoms with Crippen LogP contribution in [0.3, 0.4) is 0 Å². The molecule has 0 bridgehead atoms. The van der Waals surface area contributed by atoms with Crippen LogP contribution in [0.4, 0.5) is 114 Å². The Bertz CT molecular complexity index is 902. The third-order valence-electron chi connectivity index (χ3n) is 4.78. The van der Waals surface area contributed by atoms with Gasteiger partial charge in [0.2, 0.25) is 0 Å². The Balaban J connectivity index is 3.78. The third kappa shape index (κ3) is 3.81. The van der Waals surface area contributed by atoms with Crippen molar-refractivity contribution in [2.24, 2.45) is 0 Å². The summed E-state index contributed by atoms with van der Waals surface area (Å²) in [6.45, 7) is 0. The van der Waals surface area contributed by atoms with Crippen LogP contribution in [-0.2, 0) is 0 Å². The molecule has 240 valence electrons. The summed E-state index contributed by atoms with van der Waals surface area (Å²) in [6, 6.07) is -8.56. The van der Waals surface area contributed by atoms with Gasteiger partial charge >= 0.3 is 71.7 Å². The Morgan fingerprint density at radius 1 is 0.350 bits per heavy atom. The molecule has 0 aliphatic carbocycles. The normalized spacial score (nSPS) is 25.4. The molecule has 0 aromatic heterocycles. The van der Waals surface area contributed by atoms with Crippen molar-refractivity contribution in [3.63, 3.8) is 0 Å². The zero-order valence-electron chi connectivity index (χ0n) is 16.7. The number of nitrogens with zero attached hydrogens (tertiary/aromatic N) is 2. The van der Waals surface area contributed by atoms with Crippen molar-refractivity contribution in [1.29, 1.82) is 0 Å². The topological polar surface area (TPSA) is 6.02 Å². The molecule has 1 rings (SSSR count). The molecule has 0 N–H and O–H groups in total. The van der Waals surface area contributed by atoms with E-state index < -0.39 is 81.9 Å².